The molecule has 2 aromatic heterocycles. The van der Waals surface area contributed by atoms with E-state index < -0.39 is 17.3 Å². The fourth-order valence-corrected chi connectivity index (χ4v) is 3.83. The monoisotopic (exact) mass is 490 g/mol. The van der Waals surface area contributed by atoms with Crippen molar-refractivity contribution in [2.75, 3.05) is 12.4 Å². The first-order valence-corrected chi connectivity index (χ1v) is 10.3. The Labute approximate surface area is 197 Å². The summed E-state index contributed by atoms with van der Waals surface area (Å²) in [5.41, 5.74) is -0.0510. The Morgan fingerprint density at radius 3 is 2.61 bits per heavy atom. The van der Waals surface area contributed by atoms with Crippen molar-refractivity contribution in [2.24, 2.45) is 7.05 Å². The Bertz CT molecular complexity index is 1440. The SMILES string of the molecule is COc1ccc(-c2onc(C(=O)Nc3c(C)n(C)n(-c4ccccc4F)c3=O)c2Cl)c(Cl)c1. The number of amides is 1. The second kappa shape index (κ2) is 8.76. The number of nitrogens with zero attached hydrogens (tertiary/aromatic N) is 3. The lowest BCUT2D eigenvalue weighted by Gasteiger charge is -2.08. The van der Waals surface area contributed by atoms with Crippen LogP contribution in [0.25, 0.3) is 17.0 Å². The number of carbonyl (C=O) groups excluding carboxylic acids is 1. The fourth-order valence-electron chi connectivity index (χ4n) is 3.31. The highest BCUT2D eigenvalue weighted by Crippen LogP contribution is 2.37. The molecule has 11 heteroatoms. The van der Waals surface area contributed by atoms with Gasteiger partial charge in [-0.3, -0.25) is 14.3 Å². The Kier molecular flexibility index (Phi) is 6.01. The normalized spacial score (nSPS) is 11.0. The van der Waals surface area contributed by atoms with E-state index in [1.54, 1.807) is 38.2 Å². The average Bonchev–Trinajstić information content (AvgIpc) is 3.27. The van der Waals surface area contributed by atoms with E-state index in [1.165, 1.54) is 30.0 Å². The molecule has 0 aliphatic rings. The minimum atomic E-state index is -0.772. The van der Waals surface area contributed by atoms with Gasteiger partial charge in [-0.2, -0.15) is 0 Å². The summed E-state index contributed by atoms with van der Waals surface area (Å²) in [4.78, 5) is 25.9. The zero-order valence-corrected chi connectivity index (χ0v) is 19.2. The standard InChI is InChI=1S/C22H17Cl2FN4O4/c1-11-18(22(31)29(28(11)2)16-7-5-4-6-15(16)25)26-21(30)19-17(24)20(33-27-19)13-9-8-12(32-3)10-14(13)23/h4-10H,1-3H3,(H,26,30). The maximum atomic E-state index is 14.3. The number of aromatic nitrogens is 3. The minimum absolute atomic E-state index is 0.0458. The zero-order valence-electron chi connectivity index (χ0n) is 17.6. The number of hydrogen-bond acceptors (Lipinski definition) is 5. The highest BCUT2D eigenvalue weighted by molar-refractivity contribution is 6.38. The zero-order chi connectivity index (χ0) is 23.9. The molecule has 4 rings (SSSR count). The molecule has 1 amide bonds. The van der Waals surface area contributed by atoms with Crippen molar-refractivity contribution in [1.29, 1.82) is 0 Å². The summed E-state index contributed by atoms with van der Waals surface area (Å²) in [7, 11) is 3.08. The van der Waals surface area contributed by atoms with E-state index in [9.17, 15) is 14.0 Å². The van der Waals surface area contributed by atoms with Crippen LogP contribution in [-0.2, 0) is 7.05 Å². The van der Waals surface area contributed by atoms with Gasteiger partial charge < -0.3 is 14.6 Å². The summed E-state index contributed by atoms with van der Waals surface area (Å²) >= 11 is 12.6. The van der Waals surface area contributed by atoms with Crippen molar-refractivity contribution in [2.45, 2.75) is 6.92 Å². The molecule has 0 spiro atoms. The van der Waals surface area contributed by atoms with Gasteiger partial charge in [0.15, 0.2) is 11.5 Å². The predicted molar refractivity (Wildman–Crippen MR) is 122 cm³/mol. The third kappa shape index (κ3) is 3.90. The molecule has 33 heavy (non-hydrogen) atoms. The summed E-state index contributed by atoms with van der Waals surface area (Å²) < 4.78 is 27.2. The number of hydrogen-bond donors (Lipinski definition) is 1. The lowest BCUT2D eigenvalue weighted by Crippen LogP contribution is -2.23. The van der Waals surface area contributed by atoms with Crippen LogP contribution in [0.1, 0.15) is 16.2 Å². The van der Waals surface area contributed by atoms with Crippen LogP contribution in [0, 0.1) is 12.7 Å². The molecule has 0 aliphatic heterocycles. The summed E-state index contributed by atoms with van der Waals surface area (Å²) in [6, 6.07) is 10.6. The van der Waals surface area contributed by atoms with E-state index in [0.29, 0.717) is 17.0 Å². The van der Waals surface area contributed by atoms with E-state index in [-0.39, 0.29) is 32.9 Å². The van der Waals surface area contributed by atoms with Crippen molar-refractivity contribution in [3.63, 3.8) is 0 Å². The molecule has 2 aromatic carbocycles. The first-order valence-electron chi connectivity index (χ1n) is 9.58. The molecule has 1 N–H and O–H groups in total. The number of rotatable bonds is 5. The van der Waals surface area contributed by atoms with Crippen LogP contribution in [0.2, 0.25) is 10.0 Å². The Balaban J connectivity index is 1.69. The van der Waals surface area contributed by atoms with Crippen molar-refractivity contribution in [3.8, 4) is 22.8 Å². The molecule has 170 valence electrons. The quantitative estimate of drug-likeness (QED) is 0.431. The molecule has 0 aliphatic carbocycles. The molecule has 0 atom stereocenters. The number of halogens is 3. The third-order valence-electron chi connectivity index (χ3n) is 5.14. The summed E-state index contributed by atoms with van der Waals surface area (Å²) in [5.74, 6) is -0.740. The molecule has 0 unspecified atom stereocenters. The summed E-state index contributed by atoms with van der Waals surface area (Å²) in [5, 5.41) is 6.46. The number of anilines is 1. The first-order chi connectivity index (χ1) is 15.7. The van der Waals surface area contributed by atoms with Gasteiger partial charge in [0.1, 0.15) is 28.0 Å². The largest absolute Gasteiger partial charge is 0.497 e. The summed E-state index contributed by atoms with van der Waals surface area (Å²) in [6.07, 6.45) is 0. The second-order valence-corrected chi connectivity index (χ2v) is 7.81. The van der Waals surface area contributed by atoms with Gasteiger partial charge >= 0.3 is 0 Å². The van der Waals surface area contributed by atoms with Crippen LogP contribution in [0.3, 0.4) is 0 Å². The van der Waals surface area contributed by atoms with Gasteiger partial charge in [-0.15, -0.1) is 0 Å². The number of ether oxygens (including phenoxy) is 1. The van der Waals surface area contributed by atoms with Gasteiger partial charge in [-0.1, -0.05) is 40.5 Å². The van der Waals surface area contributed by atoms with E-state index in [2.05, 4.69) is 10.5 Å². The van der Waals surface area contributed by atoms with Crippen molar-refractivity contribution in [3.05, 3.63) is 80.1 Å². The lowest BCUT2D eigenvalue weighted by atomic mass is 10.1. The van der Waals surface area contributed by atoms with Crippen molar-refractivity contribution >= 4 is 34.8 Å². The van der Waals surface area contributed by atoms with Crippen LogP contribution >= 0.6 is 23.2 Å². The molecule has 2 heterocycles. The molecule has 4 aromatic rings. The van der Waals surface area contributed by atoms with Gasteiger partial charge in [0.05, 0.1) is 17.8 Å². The molecule has 0 bridgehead atoms. The molecule has 0 saturated carbocycles. The number of methoxy groups -OCH3 is 1. The molecule has 0 radical (unpaired) electrons. The van der Waals surface area contributed by atoms with Gasteiger partial charge in [-0.25, -0.2) is 9.07 Å². The van der Waals surface area contributed by atoms with Gasteiger partial charge in [0.2, 0.25) is 0 Å². The number of nitrogens with one attached hydrogen (secondary N) is 1. The predicted octanol–water partition coefficient (Wildman–Crippen LogP) is 4.85. The molecule has 8 nitrogen and oxygen atoms in total. The molecule has 0 saturated heterocycles. The van der Waals surface area contributed by atoms with E-state index in [1.807, 2.05) is 0 Å². The highest BCUT2D eigenvalue weighted by Gasteiger charge is 2.26. The van der Waals surface area contributed by atoms with Crippen molar-refractivity contribution < 1.29 is 18.4 Å². The smallest absolute Gasteiger partial charge is 0.295 e. The third-order valence-corrected chi connectivity index (χ3v) is 5.81. The minimum Gasteiger partial charge on any atom is -0.497 e. The Morgan fingerprint density at radius 1 is 1.21 bits per heavy atom. The van der Waals surface area contributed by atoms with Crippen LogP contribution < -0.4 is 15.6 Å². The van der Waals surface area contributed by atoms with E-state index >= 15 is 0 Å². The number of benzene rings is 2. The van der Waals surface area contributed by atoms with Crippen LogP contribution in [0.15, 0.2) is 51.8 Å². The van der Waals surface area contributed by atoms with Gasteiger partial charge in [0, 0.05) is 12.6 Å². The van der Waals surface area contributed by atoms with E-state index in [4.69, 9.17) is 32.5 Å². The van der Waals surface area contributed by atoms with Crippen LogP contribution in [0.4, 0.5) is 10.1 Å². The Morgan fingerprint density at radius 2 is 1.94 bits per heavy atom. The maximum Gasteiger partial charge on any atom is 0.295 e. The van der Waals surface area contributed by atoms with Crippen LogP contribution in [0.5, 0.6) is 5.75 Å². The van der Waals surface area contributed by atoms with Crippen LogP contribution in [-0.4, -0.2) is 27.5 Å². The fraction of sp³-hybridized carbons (Fsp3) is 0.136. The maximum absolute atomic E-state index is 14.3. The first kappa shape index (κ1) is 22.6. The molecular weight excluding hydrogens is 474 g/mol. The highest BCUT2D eigenvalue weighted by atomic mass is 35.5. The lowest BCUT2D eigenvalue weighted by molar-refractivity contribution is 0.101. The molecule has 0 fully saturated rings. The van der Waals surface area contributed by atoms with Crippen molar-refractivity contribution in [1.82, 2.24) is 14.5 Å². The average molecular weight is 491 g/mol. The van der Waals surface area contributed by atoms with E-state index in [0.717, 1.165) is 4.68 Å². The van der Waals surface area contributed by atoms with Gasteiger partial charge in [0.25, 0.3) is 11.5 Å². The van der Waals surface area contributed by atoms with Gasteiger partial charge in [-0.05, 0) is 37.3 Å². The number of carbonyl (C=O) groups is 1. The second-order valence-electron chi connectivity index (χ2n) is 7.03. The molecular formula is C22H17Cl2FN4O4. The summed E-state index contributed by atoms with van der Waals surface area (Å²) in [6.45, 7) is 1.61. The number of para-hydroxylation sites is 1. The topological polar surface area (TPSA) is 91.3 Å². The Hall–Kier alpha value is -3.56.